The second kappa shape index (κ2) is 67.9. The highest BCUT2D eigenvalue weighted by molar-refractivity contribution is 5.71. The van der Waals surface area contributed by atoms with Crippen LogP contribution in [0.4, 0.5) is 0 Å². The van der Waals surface area contributed by atoms with E-state index < -0.39 is 6.10 Å². The van der Waals surface area contributed by atoms with E-state index >= 15 is 0 Å². The average Bonchev–Trinajstić information content (AvgIpc) is 3.45. The van der Waals surface area contributed by atoms with Crippen molar-refractivity contribution in [1.82, 2.24) is 0 Å². The summed E-state index contributed by atoms with van der Waals surface area (Å²) in [7, 11) is 0. The summed E-state index contributed by atoms with van der Waals surface area (Å²) in [6.07, 6.45) is 85.7. The highest BCUT2D eigenvalue weighted by Crippen LogP contribution is 2.18. The van der Waals surface area contributed by atoms with E-state index in [0.717, 1.165) is 77.0 Å². The zero-order chi connectivity index (χ0) is 57.1. The highest BCUT2D eigenvalue weighted by Gasteiger charge is 2.19. The van der Waals surface area contributed by atoms with Crippen LogP contribution in [-0.2, 0) is 28.6 Å². The molecule has 0 saturated carbocycles. The molecule has 0 rings (SSSR count). The molecule has 0 fully saturated rings. The van der Waals surface area contributed by atoms with Gasteiger partial charge in [-0.1, -0.05) is 307 Å². The number of ether oxygens (including phenoxy) is 3. The minimum Gasteiger partial charge on any atom is -0.462 e. The lowest BCUT2D eigenvalue weighted by molar-refractivity contribution is -0.167. The number of hydrogen-bond donors (Lipinski definition) is 0. The van der Waals surface area contributed by atoms with Crippen molar-refractivity contribution in [3.05, 3.63) is 48.6 Å². The third-order valence-corrected chi connectivity index (χ3v) is 15.8. The highest BCUT2D eigenvalue weighted by atomic mass is 16.6. The van der Waals surface area contributed by atoms with Gasteiger partial charge in [0, 0.05) is 19.3 Å². The van der Waals surface area contributed by atoms with Crippen LogP contribution in [-0.4, -0.2) is 37.2 Å². The third-order valence-electron chi connectivity index (χ3n) is 15.8. The predicted molar refractivity (Wildman–Crippen MR) is 344 cm³/mol. The number of carbonyl (C=O) groups excluding carboxylic acids is 3. The summed E-state index contributed by atoms with van der Waals surface area (Å²) in [5.41, 5.74) is 0. The van der Waals surface area contributed by atoms with Crippen LogP contribution in [0.2, 0.25) is 0 Å². The number of hydrogen-bond acceptors (Lipinski definition) is 6. The average molecular weight is 1110 g/mol. The Bertz CT molecular complexity index is 1360. The Morgan fingerprint density at radius 1 is 0.253 bits per heavy atom. The molecule has 0 heterocycles. The molecule has 0 aliphatic carbocycles. The Kier molecular flexibility index (Phi) is 65.6. The van der Waals surface area contributed by atoms with E-state index in [1.54, 1.807) is 0 Å². The van der Waals surface area contributed by atoms with Gasteiger partial charge in [-0.15, -0.1) is 0 Å². The van der Waals surface area contributed by atoms with E-state index in [9.17, 15) is 14.4 Å². The molecule has 79 heavy (non-hydrogen) atoms. The van der Waals surface area contributed by atoms with Crippen molar-refractivity contribution in [2.24, 2.45) is 0 Å². The third kappa shape index (κ3) is 66.1. The van der Waals surface area contributed by atoms with Gasteiger partial charge in [-0.2, -0.15) is 0 Å². The van der Waals surface area contributed by atoms with E-state index in [1.165, 1.54) is 263 Å². The summed E-state index contributed by atoms with van der Waals surface area (Å²) >= 11 is 0. The van der Waals surface area contributed by atoms with Gasteiger partial charge in [0.05, 0.1) is 0 Å². The fraction of sp³-hybridized carbons (Fsp3) is 0.849. The van der Waals surface area contributed by atoms with Gasteiger partial charge in [0.2, 0.25) is 0 Å². The van der Waals surface area contributed by atoms with E-state index in [-0.39, 0.29) is 31.1 Å². The summed E-state index contributed by atoms with van der Waals surface area (Å²) in [5, 5.41) is 0. The zero-order valence-electron chi connectivity index (χ0n) is 53.2. The topological polar surface area (TPSA) is 78.9 Å². The summed E-state index contributed by atoms with van der Waals surface area (Å²) in [6.45, 7) is 6.66. The van der Waals surface area contributed by atoms with Crippen LogP contribution >= 0.6 is 0 Å². The first kappa shape index (κ1) is 76.4. The van der Waals surface area contributed by atoms with Gasteiger partial charge < -0.3 is 14.2 Å². The van der Waals surface area contributed by atoms with Crippen molar-refractivity contribution in [2.45, 2.75) is 386 Å². The van der Waals surface area contributed by atoms with Gasteiger partial charge in [0.15, 0.2) is 6.10 Å². The summed E-state index contributed by atoms with van der Waals surface area (Å²) < 4.78 is 17.0. The maximum absolute atomic E-state index is 12.9. The molecule has 0 aromatic heterocycles. The first-order chi connectivity index (χ1) is 39.0. The number of carbonyl (C=O) groups is 3. The molecular formula is C73H134O6. The zero-order valence-corrected chi connectivity index (χ0v) is 53.2. The van der Waals surface area contributed by atoms with Crippen LogP contribution in [0.5, 0.6) is 0 Å². The van der Waals surface area contributed by atoms with Crippen molar-refractivity contribution >= 4 is 17.9 Å². The fourth-order valence-corrected chi connectivity index (χ4v) is 10.5. The van der Waals surface area contributed by atoms with Gasteiger partial charge in [-0.3, -0.25) is 14.4 Å². The maximum atomic E-state index is 12.9. The largest absolute Gasteiger partial charge is 0.462 e. The molecule has 1 atom stereocenters. The first-order valence-corrected chi connectivity index (χ1v) is 35.1. The lowest BCUT2D eigenvalue weighted by Gasteiger charge is -2.18. The van der Waals surface area contributed by atoms with Gasteiger partial charge >= 0.3 is 17.9 Å². The Morgan fingerprint density at radius 2 is 0.456 bits per heavy atom. The smallest absolute Gasteiger partial charge is 0.306 e. The Balaban J connectivity index is 4.22. The summed E-state index contributed by atoms with van der Waals surface area (Å²) in [5.74, 6) is -0.869. The lowest BCUT2D eigenvalue weighted by atomic mass is 10.0. The molecule has 462 valence electrons. The second-order valence-corrected chi connectivity index (χ2v) is 23.8. The van der Waals surface area contributed by atoms with Crippen LogP contribution in [0.25, 0.3) is 0 Å². The molecule has 0 aliphatic heterocycles. The molecule has 0 bridgehead atoms. The number of allylic oxidation sites excluding steroid dienone is 8. The van der Waals surface area contributed by atoms with Gasteiger partial charge in [0.1, 0.15) is 13.2 Å². The first-order valence-electron chi connectivity index (χ1n) is 35.1. The number of rotatable bonds is 65. The summed E-state index contributed by atoms with van der Waals surface area (Å²) in [4.78, 5) is 38.4. The lowest BCUT2D eigenvalue weighted by Crippen LogP contribution is -2.30. The predicted octanol–water partition coefficient (Wildman–Crippen LogP) is 24.1. The monoisotopic (exact) mass is 1110 g/mol. The van der Waals surface area contributed by atoms with Gasteiger partial charge in [-0.25, -0.2) is 0 Å². The maximum Gasteiger partial charge on any atom is 0.306 e. The molecule has 0 N–H and O–H groups in total. The Morgan fingerprint density at radius 3 is 0.734 bits per heavy atom. The van der Waals surface area contributed by atoms with Gasteiger partial charge in [0.25, 0.3) is 0 Å². The molecule has 0 radical (unpaired) electrons. The summed E-state index contributed by atoms with van der Waals surface area (Å²) in [6, 6.07) is 0. The second-order valence-electron chi connectivity index (χ2n) is 23.8. The van der Waals surface area contributed by atoms with E-state index in [0.29, 0.717) is 19.3 Å². The van der Waals surface area contributed by atoms with Crippen LogP contribution in [0.15, 0.2) is 48.6 Å². The van der Waals surface area contributed by atoms with Crippen molar-refractivity contribution in [2.75, 3.05) is 13.2 Å². The molecule has 0 aliphatic rings. The van der Waals surface area contributed by atoms with Crippen LogP contribution in [0.3, 0.4) is 0 Å². The van der Waals surface area contributed by atoms with Crippen molar-refractivity contribution < 1.29 is 28.6 Å². The standard InChI is InChI=1S/C73H134O6/c1-4-7-10-13-16-19-22-25-28-30-31-32-33-34-35-36-37-38-39-40-41-43-45-48-51-54-57-60-63-66-72(75)78-69-70(68-77-71(74)65-62-59-56-53-50-47-44-27-24-21-18-15-12-9-6-3)79-73(76)67-64-61-58-55-52-49-46-42-29-26-23-20-17-14-11-8-5-2/h17,20,26-27,29-31,44,70H,4-16,18-19,21-25,28,32-43,45-69H2,1-3H3/b20-17-,29-26-,31-30-,44-27-. The Hall–Kier alpha value is -2.63. The fourth-order valence-electron chi connectivity index (χ4n) is 10.5. The molecule has 0 spiro atoms. The number of unbranched alkanes of at least 4 members (excludes halogenated alkanes) is 46. The van der Waals surface area contributed by atoms with Crippen LogP contribution < -0.4 is 0 Å². The molecule has 6 nitrogen and oxygen atoms in total. The van der Waals surface area contributed by atoms with Crippen LogP contribution in [0, 0.1) is 0 Å². The quantitative estimate of drug-likeness (QED) is 0.0261. The minimum atomic E-state index is -0.780. The van der Waals surface area contributed by atoms with E-state index in [4.69, 9.17) is 14.2 Å². The van der Waals surface area contributed by atoms with Crippen LogP contribution in [0.1, 0.15) is 380 Å². The van der Waals surface area contributed by atoms with Crippen molar-refractivity contribution in [1.29, 1.82) is 0 Å². The van der Waals surface area contributed by atoms with Crippen molar-refractivity contribution in [3.63, 3.8) is 0 Å². The van der Waals surface area contributed by atoms with Gasteiger partial charge in [-0.05, 0) is 103 Å². The van der Waals surface area contributed by atoms with E-state index in [1.807, 2.05) is 0 Å². The molecule has 0 amide bonds. The molecule has 6 heteroatoms. The molecular weight excluding hydrogens is 973 g/mol. The molecule has 0 saturated heterocycles. The molecule has 0 aromatic rings. The SMILES string of the molecule is CCCCC/C=C\C/C=C\CCCCCCCCCC(=O)OC(COC(=O)CCCCCCC/C=C\CCCCCCCC)COC(=O)CCCCCCCCCCCCCCCCCCC/C=C\CCCCCCCCCC. The Labute approximate surface area is 492 Å². The minimum absolute atomic E-state index is 0.0755. The van der Waals surface area contributed by atoms with Crippen molar-refractivity contribution in [3.8, 4) is 0 Å². The normalized spacial score (nSPS) is 12.3. The van der Waals surface area contributed by atoms with E-state index in [2.05, 4.69) is 69.4 Å². The number of esters is 3. The molecule has 1 unspecified atom stereocenters. The molecule has 0 aromatic carbocycles.